The zero-order valence-corrected chi connectivity index (χ0v) is 37.6. The van der Waals surface area contributed by atoms with Gasteiger partial charge in [0, 0.05) is 43.8 Å². The van der Waals surface area contributed by atoms with E-state index in [0.717, 1.165) is 60.8 Å². The molecule has 15 heteroatoms. The molecule has 70 heavy (non-hydrogen) atoms. The molecule has 0 bridgehead atoms. The minimum atomic E-state index is -5.14. The molecule has 342 valence electrons. The summed E-state index contributed by atoms with van der Waals surface area (Å²) in [7, 11) is 0. The van der Waals surface area contributed by atoms with Crippen molar-refractivity contribution in [2.45, 2.75) is 40.0 Å². The van der Waals surface area contributed by atoms with E-state index in [1.54, 1.807) is 58.0 Å². The summed E-state index contributed by atoms with van der Waals surface area (Å²) in [5.74, 6) is 3.24. The minimum absolute atomic E-state index is 0.0218. The number of benzene rings is 7. The fourth-order valence-corrected chi connectivity index (χ4v) is 9.57. The van der Waals surface area contributed by atoms with Gasteiger partial charge in [-0.15, -0.1) is 0 Å². The highest BCUT2D eigenvalue weighted by Gasteiger charge is 2.38. The summed E-state index contributed by atoms with van der Waals surface area (Å²) >= 11 is 0. The Kier molecular flexibility index (Phi) is 10.1. The van der Waals surface area contributed by atoms with Gasteiger partial charge in [-0.25, -0.2) is 29.9 Å². The molecule has 0 aliphatic carbocycles. The Morgan fingerprint density at radius 2 is 0.900 bits per heavy atom. The van der Waals surface area contributed by atoms with Gasteiger partial charge < -0.3 is 9.13 Å². The molecule has 0 spiro atoms. The number of aryl methyl sites for hydroxylation is 4. The molecule has 0 amide bonds. The molecule has 0 saturated heterocycles. The summed E-state index contributed by atoms with van der Waals surface area (Å²) in [4.78, 5) is 27.1. The maximum absolute atomic E-state index is 15.0. The molecule has 0 atom stereocenters. The second-order valence-corrected chi connectivity index (χ2v) is 17.0. The van der Waals surface area contributed by atoms with Crippen molar-refractivity contribution < 1.29 is 26.3 Å². The lowest BCUT2D eigenvalue weighted by Gasteiger charge is -2.21. The number of fused-ring (bicyclic) bond motifs is 6. The average Bonchev–Trinajstić information content (AvgIpc) is 3.84. The van der Waals surface area contributed by atoms with Crippen LogP contribution in [-0.2, 0) is 12.4 Å². The second-order valence-electron chi connectivity index (χ2n) is 17.0. The topological polar surface area (TPSA) is 111 Å². The first-order valence-corrected chi connectivity index (χ1v) is 22.0. The molecule has 11 rings (SSSR count). The summed E-state index contributed by atoms with van der Waals surface area (Å²) < 4.78 is 90.9. The van der Waals surface area contributed by atoms with Crippen LogP contribution in [0.1, 0.15) is 40.0 Å². The highest BCUT2D eigenvalue weighted by molar-refractivity contribution is 6.12. The number of nitrogens with zero attached hydrogens (tertiary/aromatic N) is 9. The number of alkyl halides is 6. The lowest BCUT2D eigenvalue weighted by molar-refractivity contribution is -0.142. The average molecular weight is 936 g/mol. The van der Waals surface area contributed by atoms with Crippen molar-refractivity contribution in [1.29, 1.82) is 5.26 Å². The van der Waals surface area contributed by atoms with E-state index in [-0.39, 0.29) is 11.6 Å². The molecule has 0 aliphatic heterocycles. The predicted molar refractivity (Wildman–Crippen MR) is 257 cm³/mol. The van der Waals surface area contributed by atoms with Crippen molar-refractivity contribution in [2.24, 2.45) is 0 Å². The van der Waals surface area contributed by atoms with Crippen LogP contribution in [0.5, 0.6) is 0 Å². The van der Waals surface area contributed by atoms with Crippen molar-refractivity contribution in [3.8, 4) is 62.5 Å². The van der Waals surface area contributed by atoms with E-state index in [4.69, 9.17) is 0 Å². The Bertz CT molecular complexity index is 3970. The third kappa shape index (κ3) is 7.45. The van der Waals surface area contributed by atoms with Crippen LogP contribution >= 0.6 is 0 Å². The maximum Gasteiger partial charge on any atom is 0.417 e. The van der Waals surface area contributed by atoms with E-state index in [2.05, 4.69) is 36.0 Å². The molecule has 0 fully saturated rings. The van der Waals surface area contributed by atoms with Crippen LogP contribution in [0.15, 0.2) is 140 Å². The van der Waals surface area contributed by atoms with Gasteiger partial charge in [0.25, 0.3) is 0 Å². The first-order chi connectivity index (χ1) is 33.5. The van der Waals surface area contributed by atoms with Gasteiger partial charge in [0.05, 0.1) is 56.2 Å². The Labute approximate surface area is 395 Å². The number of para-hydroxylation sites is 2. The highest BCUT2D eigenvalue weighted by Crippen LogP contribution is 2.46. The molecule has 4 heterocycles. The van der Waals surface area contributed by atoms with Gasteiger partial charge >= 0.3 is 12.4 Å². The molecule has 0 N–H and O–H groups in total. The van der Waals surface area contributed by atoms with Gasteiger partial charge in [-0.3, -0.25) is 0 Å². The van der Waals surface area contributed by atoms with Crippen molar-refractivity contribution in [2.75, 3.05) is 0 Å². The zero-order chi connectivity index (χ0) is 48.8. The predicted octanol–water partition coefficient (Wildman–Crippen LogP) is 14.1. The van der Waals surface area contributed by atoms with Crippen molar-refractivity contribution in [3.05, 3.63) is 180 Å². The monoisotopic (exact) mass is 935 g/mol. The number of rotatable bonds is 6. The van der Waals surface area contributed by atoms with Gasteiger partial charge in [0.2, 0.25) is 0 Å². The SMILES string of the molecule is Cc1nc(C)nc(-c2ccc3c(c2)c2ccccc2n3-c2ccc(-c3ccc(C(F)(F)F)cc3C(F)(F)F)cc2-c2ccc(C#N)cc2-n2c3ccccc3c3cc(-c4nc(C)nc(C)n4)ccc32)n1. The van der Waals surface area contributed by atoms with Crippen LogP contribution in [0.2, 0.25) is 0 Å². The first kappa shape index (κ1) is 43.8. The van der Waals surface area contributed by atoms with Gasteiger partial charge in [0.1, 0.15) is 23.3 Å². The molecule has 9 nitrogen and oxygen atoms in total. The normalized spacial score (nSPS) is 12.1. The van der Waals surface area contributed by atoms with E-state index in [1.165, 1.54) is 6.07 Å². The summed E-state index contributed by atoms with van der Waals surface area (Å²) in [5.41, 5.74) is 3.57. The van der Waals surface area contributed by atoms with E-state index in [0.29, 0.717) is 69.1 Å². The molecular weight excluding hydrogens is 901 g/mol. The van der Waals surface area contributed by atoms with Crippen LogP contribution in [0.25, 0.3) is 100 Å². The van der Waals surface area contributed by atoms with E-state index in [9.17, 15) is 31.6 Å². The third-order valence-corrected chi connectivity index (χ3v) is 12.4. The summed E-state index contributed by atoms with van der Waals surface area (Å²) in [6, 6.07) is 41.0. The lowest BCUT2D eigenvalue weighted by Crippen LogP contribution is -2.12. The summed E-state index contributed by atoms with van der Waals surface area (Å²) in [6.45, 7) is 7.19. The Hall–Kier alpha value is -8.77. The maximum atomic E-state index is 15.0. The summed E-state index contributed by atoms with van der Waals surface area (Å²) in [6.07, 6.45) is -10.2. The van der Waals surface area contributed by atoms with Crippen LogP contribution < -0.4 is 0 Å². The van der Waals surface area contributed by atoms with Gasteiger partial charge in [-0.1, -0.05) is 54.6 Å². The third-order valence-electron chi connectivity index (χ3n) is 12.4. The van der Waals surface area contributed by atoms with Crippen LogP contribution in [0, 0.1) is 39.0 Å². The molecule has 0 unspecified atom stereocenters. The largest absolute Gasteiger partial charge is 0.417 e. The van der Waals surface area contributed by atoms with Crippen molar-refractivity contribution in [3.63, 3.8) is 0 Å². The molecule has 0 saturated carbocycles. The van der Waals surface area contributed by atoms with E-state index >= 15 is 0 Å². The van der Waals surface area contributed by atoms with Crippen LogP contribution in [0.3, 0.4) is 0 Å². The number of hydrogen-bond donors (Lipinski definition) is 0. The van der Waals surface area contributed by atoms with Gasteiger partial charge in [-0.2, -0.15) is 31.6 Å². The number of hydrogen-bond acceptors (Lipinski definition) is 7. The Morgan fingerprint density at radius 3 is 1.41 bits per heavy atom. The quantitative estimate of drug-likeness (QED) is 0.153. The van der Waals surface area contributed by atoms with Crippen LogP contribution in [0.4, 0.5) is 26.3 Å². The Morgan fingerprint density at radius 1 is 0.414 bits per heavy atom. The Balaban J connectivity index is 1.22. The number of aromatic nitrogens is 8. The molecule has 0 aliphatic rings. The fourth-order valence-electron chi connectivity index (χ4n) is 9.57. The van der Waals surface area contributed by atoms with Crippen LogP contribution in [-0.4, -0.2) is 39.0 Å². The molecule has 4 aromatic heterocycles. The fraction of sp³-hybridized carbons (Fsp3) is 0.109. The zero-order valence-electron chi connectivity index (χ0n) is 37.6. The molecule has 0 radical (unpaired) electrons. The lowest BCUT2D eigenvalue weighted by atomic mass is 9.92. The molecule has 7 aromatic carbocycles. The molecular formula is C55H35F6N9. The smallest absolute Gasteiger partial charge is 0.309 e. The van der Waals surface area contributed by atoms with E-state index < -0.39 is 29.0 Å². The first-order valence-electron chi connectivity index (χ1n) is 22.0. The van der Waals surface area contributed by atoms with Crippen molar-refractivity contribution >= 4 is 43.6 Å². The molecule has 11 aromatic rings. The summed E-state index contributed by atoms with van der Waals surface area (Å²) in [5, 5.41) is 13.8. The van der Waals surface area contributed by atoms with E-state index in [1.807, 2.05) is 94.1 Å². The second kappa shape index (κ2) is 16.2. The highest BCUT2D eigenvalue weighted by atomic mass is 19.4. The van der Waals surface area contributed by atoms with Gasteiger partial charge in [0.15, 0.2) is 11.6 Å². The van der Waals surface area contributed by atoms with Gasteiger partial charge in [-0.05, 0) is 124 Å². The minimum Gasteiger partial charge on any atom is -0.309 e. The standard InChI is InChI=1S/C55H35F6N9/c1-29-63-30(2)66-52(65-29)35-15-21-49-43(25-35)39-9-5-7-11-46(39)69(49)48-20-14-34(38-19-17-37(54(56,57)58)27-45(38)55(59,60)61)24-42(48)41-18-13-33(28-62)23-51(41)70-47-12-8-6-10-40(47)44-26-36(16-22-50(44)70)53-67-31(3)64-32(4)68-53/h5-27H,1-4H3. The number of nitriles is 1. The van der Waals surface area contributed by atoms with Crippen molar-refractivity contribution in [1.82, 2.24) is 39.0 Å². The number of halogens is 6.